The Labute approximate surface area is 129 Å². The van der Waals surface area contributed by atoms with Gasteiger partial charge in [0.05, 0.1) is 4.90 Å². The smallest absolute Gasteiger partial charge is 0.240 e. The third-order valence-electron chi connectivity index (χ3n) is 2.98. The van der Waals surface area contributed by atoms with Crippen molar-refractivity contribution in [3.8, 4) is 0 Å². The molecule has 1 aromatic heterocycles. The van der Waals surface area contributed by atoms with Crippen molar-refractivity contribution in [2.75, 3.05) is 6.54 Å². The molecule has 21 heavy (non-hydrogen) atoms. The van der Waals surface area contributed by atoms with Crippen LogP contribution in [0.3, 0.4) is 0 Å². The van der Waals surface area contributed by atoms with Gasteiger partial charge in [0.1, 0.15) is 0 Å². The van der Waals surface area contributed by atoms with Gasteiger partial charge in [-0.3, -0.25) is 4.98 Å². The van der Waals surface area contributed by atoms with E-state index in [1.807, 2.05) is 12.1 Å². The Morgan fingerprint density at radius 1 is 1.29 bits per heavy atom. The molecule has 112 valence electrons. The lowest BCUT2D eigenvalue weighted by atomic mass is 10.2. The normalized spacial score (nSPS) is 11.5. The minimum Gasteiger partial charge on any atom is -0.326 e. The summed E-state index contributed by atoms with van der Waals surface area (Å²) < 4.78 is 26.9. The molecule has 5 nitrogen and oxygen atoms in total. The fraction of sp³-hybridized carbons (Fsp3) is 0.214. The van der Waals surface area contributed by atoms with Crippen LogP contribution in [0.25, 0.3) is 0 Å². The lowest BCUT2D eigenvalue weighted by Crippen LogP contribution is -2.26. The van der Waals surface area contributed by atoms with Gasteiger partial charge < -0.3 is 5.73 Å². The zero-order chi connectivity index (χ0) is 15.3. The van der Waals surface area contributed by atoms with Crippen molar-refractivity contribution in [1.29, 1.82) is 0 Å². The van der Waals surface area contributed by atoms with Crippen molar-refractivity contribution >= 4 is 21.6 Å². The van der Waals surface area contributed by atoms with E-state index < -0.39 is 10.0 Å². The molecule has 2 aromatic rings. The van der Waals surface area contributed by atoms with E-state index in [2.05, 4.69) is 9.71 Å². The molecule has 0 aliphatic heterocycles. The number of benzene rings is 1. The molecule has 0 spiro atoms. The summed E-state index contributed by atoms with van der Waals surface area (Å²) in [5.41, 5.74) is 7.11. The number of nitrogens with zero attached hydrogens (tertiary/aromatic N) is 1. The van der Waals surface area contributed by atoms with Crippen molar-refractivity contribution in [2.24, 2.45) is 5.73 Å². The van der Waals surface area contributed by atoms with Crippen LogP contribution >= 0.6 is 11.6 Å². The number of pyridine rings is 1. The van der Waals surface area contributed by atoms with Crippen LogP contribution in [0.4, 0.5) is 0 Å². The predicted octanol–water partition coefficient (Wildman–Crippen LogP) is 1.71. The highest BCUT2D eigenvalue weighted by Gasteiger charge is 2.14. The predicted molar refractivity (Wildman–Crippen MR) is 82.5 cm³/mol. The first-order chi connectivity index (χ1) is 10.0. The molecule has 0 aliphatic rings. The molecule has 7 heteroatoms. The maximum atomic E-state index is 12.2. The van der Waals surface area contributed by atoms with Crippen molar-refractivity contribution in [2.45, 2.75) is 17.9 Å². The summed E-state index contributed by atoms with van der Waals surface area (Å²) in [7, 11) is -3.56. The van der Waals surface area contributed by atoms with Gasteiger partial charge in [-0.2, -0.15) is 0 Å². The van der Waals surface area contributed by atoms with Gasteiger partial charge in [-0.25, -0.2) is 13.1 Å². The Hall–Kier alpha value is -1.47. The molecule has 0 saturated carbocycles. The number of halogens is 1. The number of nitrogens with one attached hydrogen (secondary N) is 1. The van der Waals surface area contributed by atoms with Crippen molar-refractivity contribution in [1.82, 2.24) is 9.71 Å². The second-order valence-electron chi connectivity index (χ2n) is 4.47. The highest BCUT2D eigenvalue weighted by atomic mass is 35.5. The minimum atomic E-state index is -3.56. The molecule has 0 amide bonds. The first kappa shape index (κ1) is 15.9. The van der Waals surface area contributed by atoms with Gasteiger partial charge in [-0.15, -0.1) is 0 Å². The van der Waals surface area contributed by atoms with E-state index in [4.69, 9.17) is 17.3 Å². The van der Waals surface area contributed by atoms with Crippen molar-refractivity contribution in [3.05, 3.63) is 58.9 Å². The molecular formula is C14H16ClN3O2S. The van der Waals surface area contributed by atoms with E-state index in [9.17, 15) is 8.42 Å². The average molecular weight is 326 g/mol. The number of nitrogens with two attached hydrogens (primary N) is 1. The largest absolute Gasteiger partial charge is 0.326 e. The van der Waals surface area contributed by atoms with Gasteiger partial charge in [0.2, 0.25) is 10.0 Å². The SMILES string of the molecule is NCc1cc(S(=O)(=O)NCCc2cccnc2)ccc1Cl. The van der Waals surface area contributed by atoms with E-state index in [-0.39, 0.29) is 11.4 Å². The third kappa shape index (κ3) is 4.25. The quantitative estimate of drug-likeness (QED) is 0.846. The van der Waals surface area contributed by atoms with Crippen LogP contribution in [0.1, 0.15) is 11.1 Å². The van der Waals surface area contributed by atoms with Gasteiger partial charge in [-0.1, -0.05) is 17.7 Å². The fourth-order valence-corrected chi connectivity index (χ4v) is 3.11. The van der Waals surface area contributed by atoms with E-state index in [0.29, 0.717) is 23.6 Å². The van der Waals surface area contributed by atoms with E-state index >= 15 is 0 Å². The summed E-state index contributed by atoms with van der Waals surface area (Å²) in [6.07, 6.45) is 3.96. The number of aromatic nitrogens is 1. The second-order valence-corrected chi connectivity index (χ2v) is 6.64. The molecular weight excluding hydrogens is 310 g/mol. The molecule has 0 fully saturated rings. The average Bonchev–Trinajstić information content (AvgIpc) is 2.48. The number of hydrogen-bond donors (Lipinski definition) is 2. The first-order valence-electron chi connectivity index (χ1n) is 6.40. The first-order valence-corrected chi connectivity index (χ1v) is 8.26. The summed E-state index contributed by atoms with van der Waals surface area (Å²) in [6.45, 7) is 0.493. The minimum absolute atomic E-state index is 0.165. The maximum Gasteiger partial charge on any atom is 0.240 e. The van der Waals surface area contributed by atoms with Gasteiger partial charge >= 0.3 is 0 Å². The molecule has 3 N–H and O–H groups in total. The standard InChI is InChI=1S/C14H16ClN3O2S/c15-14-4-3-13(8-12(14)9-16)21(19,20)18-7-5-11-2-1-6-17-10-11/h1-4,6,8,10,18H,5,7,9,16H2. The van der Waals surface area contributed by atoms with E-state index in [0.717, 1.165) is 5.56 Å². The molecule has 2 rings (SSSR count). The van der Waals surface area contributed by atoms with Crippen LogP contribution in [-0.4, -0.2) is 19.9 Å². The van der Waals surface area contributed by atoms with Gasteiger partial charge in [-0.05, 0) is 41.8 Å². The van der Waals surface area contributed by atoms with E-state index in [1.165, 1.54) is 12.1 Å². The second kappa shape index (κ2) is 7.00. The lowest BCUT2D eigenvalue weighted by Gasteiger charge is -2.09. The summed E-state index contributed by atoms with van der Waals surface area (Å²) in [6, 6.07) is 8.22. The highest BCUT2D eigenvalue weighted by molar-refractivity contribution is 7.89. The maximum absolute atomic E-state index is 12.2. The Kier molecular flexibility index (Phi) is 5.30. The number of rotatable bonds is 6. The summed E-state index contributed by atoms with van der Waals surface area (Å²) in [4.78, 5) is 4.15. The summed E-state index contributed by atoms with van der Waals surface area (Å²) >= 11 is 5.93. The molecule has 0 saturated heterocycles. The molecule has 0 atom stereocenters. The number of sulfonamides is 1. The molecule has 1 aromatic carbocycles. The Bertz CT molecular complexity index is 705. The monoisotopic (exact) mass is 325 g/mol. The van der Waals surface area contributed by atoms with Gasteiger partial charge in [0.15, 0.2) is 0 Å². The zero-order valence-electron chi connectivity index (χ0n) is 11.3. The topological polar surface area (TPSA) is 85.1 Å². The van der Waals surface area contributed by atoms with Crippen LogP contribution in [-0.2, 0) is 23.0 Å². The molecule has 0 radical (unpaired) electrons. The highest BCUT2D eigenvalue weighted by Crippen LogP contribution is 2.19. The lowest BCUT2D eigenvalue weighted by molar-refractivity contribution is 0.581. The fourth-order valence-electron chi connectivity index (χ4n) is 1.83. The molecule has 1 heterocycles. The molecule has 0 unspecified atom stereocenters. The van der Waals surface area contributed by atoms with Crippen LogP contribution in [0.5, 0.6) is 0 Å². The van der Waals surface area contributed by atoms with Crippen molar-refractivity contribution in [3.63, 3.8) is 0 Å². The third-order valence-corrected chi connectivity index (χ3v) is 4.80. The number of hydrogen-bond acceptors (Lipinski definition) is 4. The van der Waals surface area contributed by atoms with Gasteiger partial charge in [0, 0.05) is 30.5 Å². The van der Waals surface area contributed by atoms with Gasteiger partial charge in [0.25, 0.3) is 0 Å². The summed E-state index contributed by atoms with van der Waals surface area (Å²) in [5, 5.41) is 0.465. The van der Waals surface area contributed by atoms with Crippen molar-refractivity contribution < 1.29 is 8.42 Å². The Morgan fingerprint density at radius 2 is 2.10 bits per heavy atom. The summed E-state index contributed by atoms with van der Waals surface area (Å²) in [5.74, 6) is 0. The van der Waals surface area contributed by atoms with Crippen LogP contribution < -0.4 is 10.5 Å². The zero-order valence-corrected chi connectivity index (χ0v) is 12.9. The Morgan fingerprint density at radius 3 is 2.76 bits per heavy atom. The molecule has 0 aliphatic carbocycles. The van der Waals surface area contributed by atoms with E-state index in [1.54, 1.807) is 18.5 Å². The van der Waals surface area contributed by atoms with Crippen LogP contribution in [0, 0.1) is 0 Å². The van der Waals surface area contributed by atoms with Crippen LogP contribution in [0.15, 0.2) is 47.6 Å². The Balaban J connectivity index is 2.05. The molecule has 0 bridgehead atoms. The van der Waals surface area contributed by atoms with Crippen LogP contribution in [0.2, 0.25) is 5.02 Å².